The number of benzene rings is 1. The Morgan fingerprint density at radius 2 is 1.73 bits per heavy atom. The Bertz CT molecular complexity index is 1420. The van der Waals surface area contributed by atoms with E-state index in [0.29, 0.717) is 48.9 Å². The van der Waals surface area contributed by atoms with Crippen LogP contribution in [0.3, 0.4) is 0 Å². The van der Waals surface area contributed by atoms with Crippen LogP contribution < -0.4 is 10.6 Å². The molecule has 3 N–H and O–H groups in total. The Balaban J connectivity index is 0.810. The van der Waals surface area contributed by atoms with Crippen molar-refractivity contribution in [2.24, 2.45) is 5.92 Å². The molecule has 12 heteroatoms. The predicted molar refractivity (Wildman–Crippen MR) is 184 cm³/mol. The van der Waals surface area contributed by atoms with Crippen molar-refractivity contribution >= 4 is 17.6 Å². The van der Waals surface area contributed by atoms with Crippen molar-refractivity contribution in [1.82, 2.24) is 24.9 Å². The lowest BCUT2D eigenvalue weighted by Crippen LogP contribution is -2.70. The van der Waals surface area contributed by atoms with Crippen molar-refractivity contribution in [1.29, 1.82) is 0 Å². The van der Waals surface area contributed by atoms with Gasteiger partial charge in [0, 0.05) is 57.4 Å². The largest absolute Gasteiger partial charge is 0.507 e. The summed E-state index contributed by atoms with van der Waals surface area (Å²) in [5.74, 6) is 1.30. The monoisotopic (exact) mass is 663 g/mol. The smallest absolute Gasteiger partial charge is 0.410 e. The van der Waals surface area contributed by atoms with Crippen molar-refractivity contribution in [3.8, 4) is 17.0 Å². The lowest BCUT2D eigenvalue weighted by Gasteiger charge is -2.55. The van der Waals surface area contributed by atoms with Gasteiger partial charge in [-0.1, -0.05) is 12.1 Å². The molecule has 1 aliphatic carbocycles. The van der Waals surface area contributed by atoms with Gasteiger partial charge in [0.25, 0.3) is 0 Å². The number of hydrogen-bond acceptors (Lipinski definition) is 11. The maximum absolute atomic E-state index is 12.4. The standard InChI is InChI=1S/C36H53N7O5/c1-35(2,3)48-34(45)42-14-10-27(11-15-42)47-28-18-26(19-28)41-12-8-25(9-13-41)21-40-22-36(23-40)24-43(16-17-46-36)31-20-30(38-39-33(31)37)29-6-4-5-7-32(29)44/h4-7,20,25-28,44H,8-19,21-24H2,1-3H3,(H2,37,39)/t26-,28-. The number of morpholine rings is 1. The van der Waals surface area contributed by atoms with Crippen LogP contribution in [0.1, 0.15) is 59.3 Å². The van der Waals surface area contributed by atoms with Crippen LogP contribution in [0.5, 0.6) is 5.75 Å². The number of nitrogens with two attached hydrogens (primary N) is 1. The van der Waals surface area contributed by atoms with Gasteiger partial charge < -0.3 is 39.8 Å². The van der Waals surface area contributed by atoms with Crippen LogP contribution >= 0.6 is 0 Å². The molecule has 262 valence electrons. The van der Waals surface area contributed by atoms with Gasteiger partial charge in [-0.15, -0.1) is 10.2 Å². The van der Waals surface area contributed by atoms with Crippen LogP contribution in [-0.2, 0) is 14.2 Å². The van der Waals surface area contributed by atoms with Gasteiger partial charge in [-0.05, 0) is 96.5 Å². The number of ether oxygens (including phenoxy) is 3. The third-order valence-corrected chi connectivity index (χ3v) is 10.8. The molecular weight excluding hydrogens is 610 g/mol. The number of amides is 1. The third-order valence-electron chi connectivity index (χ3n) is 10.8. The van der Waals surface area contributed by atoms with Gasteiger partial charge in [-0.3, -0.25) is 4.90 Å². The maximum Gasteiger partial charge on any atom is 0.410 e. The second-order valence-electron chi connectivity index (χ2n) is 15.7. The van der Waals surface area contributed by atoms with E-state index in [1.165, 1.54) is 25.9 Å². The number of carbonyl (C=O) groups is 1. The van der Waals surface area contributed by atoms with E-state index >= 15 is 0 Å². The van der Waals surface area contributed by atoms with Crippen LogP contribution in [-0.4, -0.2) is 131 Å². The number of phenolic OH excluding ortho intramolecular Hbond substituents is 1. The van der Waals surface area contributed by atoms with Crippen LogP contribution in [0.4, 0.5) is 16.3 Å². The highest BCUT2D eigenvalue weighted by molar-refractivity contribution is 5.74. The molecular formula is C36H53N7O5. The quantitative estimate of drug-likeness (QED) is 0.446. The Labute approximate surface area is 284 Å². The molecule has 4 aliphatic heterocycles. The van der Waals surface area contributed by atoms with Crippen LogP contribution in [0.15, 0.2) is 30.3 Å². The van der Waals surface area contributed by atoms with Crippen LogP contribution in [0.25, 0.3) is 11.3 Å². The van der Waals surface area contributed by atoms with E-state index < -0.39 is 5.60 Å². The summed E-state index contributed by atoms with van der Waals surface area (Å²) in [7, 11) is 0. The summed E-state index contributed by atoms with van der Waals surface area (Å²) < 4.78 is 18.4. The van der Waals surface area contributed by atoms with Gasteiger partial charge in [0.15, 0.2) is 5.82 Å². The Morgan fingerprint density at radius 3 is 2.44 bits per heavy atom. The number of piperidine rings is 2. The molecule has 0 bridgehead atoms. The highest BCUT2D eigenvalue weighted by Crippen LogP contribution is 2.38. The minimum atomic E-state index is -0.457. The molecule has 1 aromatic heterocycles. The van der Waals surface area contributed by atoms with E-state index in [1.807, 2.05) is 43.9 Å². The molecule has 5 aliphatic rings. The van der Waals surface area contributed by atoms with E-state index in [0.717, 1.165) is 70.0 Å². The number of phenols is 1. The zero-order valence-corrected chi connectivity index (χ0v) is 28.9. The van der Waals surface area contributed by atoms with Crippen molar-refractivity contribution in [2.45, 2.75) is 88.7 Å². The van der Waals surface area contributed by atoms with Gasteiger partial charge in [-0.2, -0.15) is 0 Å². The molecule has 0 atom stereocenters. The molecule has 1 spiro atoms. The summed E-state index contributed by atoms with van der Waals surface area (Å²) in [5, 5.41) is 18.8. The second kappa shape index (κ2) is 13.6. The first-order valence-electron chi connectivity index (χ1n) is 17.9. The predicted octanol–water partition coefficient (Wildman–Crippen LogP) is 3.98. The Kier molecular flexibility index (Phi) is 9.45. The molecule has 5 fully saturated rings. The molecule has 5 heterocycles. The third kappa shape index (κ3) is 7.51. The van der Waals surface area contributed by atoms with Crippen molar-refractivity contribution in [3.63, 3.8) is 0 Å². The van der Waals surface area contributed by atoms with Crippen LogP contribution in [0.2, 0.25) is 0 Å². The highest BCUT2D eigenvalue weighted by Gasteiger charge is 2.48. The van der Waals surface area contributed by atoms with Gasteiger partial charge >= 0.3 is 6.09 Å². The number of hydrogen-bond donors (Lipinski definition) is 2. The maximum atomic E-state index is 12.4. The topological polar surface area (TPSA) is 130 Å². The number of carbonyl (C=O) groups excluding carboxylic acids is 1. The molecule has 7 rings (SSSR count). The van der Waals surface area contributed by atoms with Gasteiger partial charge in [0.05, 0.1) is 30.2 Å². The van der Waals surface area contributed by atoms with E-state index in [4.69, 9.17) is 19.9 Å². The highest BCUT2D eigenvalue weighted by atomic mass is 16.6. The SMILES string of the molecule is CC(C)(C)OC(=O)N1CCC(O[C@H]2C[C@H](N3CCC(CN4CC5(C4)CN(c4cc(-c6ccccc6O)nnc4N)CCO5)CC3)C2)CC1. The first-order valence-corrected chi connectivity index (χ1v) is 17.9. The lowest BCUT2D eigenvalue weighted by atomic mass is 9.84. The fourth-order valence-corrected chi connectivity index (χ4v) is 8.19. The number of para-hydroxylation sites is 1. The number of likely N-dealkylation sites (tertiary alicyclic amines) is 3. The molecule has 0 unspecified atom stereocenters. The Hall–Kier alpha value is -3.19. The number of nitrogen functional groups attached to an aromatic ring is 1. The van der Waals surface area contributed by atoms with E-state index in [2.05, 4.69) is 24.9 Å². The molecule has 48 heavy (non-hydrogen) atoms. The fraction of sp³-hybridized carbons (Fsp3) is 0.694. The Morgan fingerprint density at radius 1 is 1.00 bits per heavy atom. The lowest BCUT2D eigenvalue weighted by molar-refractivity contribution is -0.153. The van der Waals surface area contributed by atoms with Crippen molar-refractivity contribution < 1.29 is 24.1 Å². The number of anilines is 2. The fourth-order valence-electron chi connectivity index (χ4n) is 8.19. The number of rotatable bonds is 7. The zero-order valence-electron chi connectivity index (χ0n) is 28.9. The summed E-state index contributed by atoms with van der Waals surface area (Å²) in [6.07, 6.45) is 6.93. The van der Waals surface area contributed by atoms with E-state index in [9.17, 15) is 9.90 Å². The van der Waals surface area contributed by atoms with Crippen LogP contribution in [0, 0.1) is 5.92 Å². The molecule has 1 saturated carbocycles. The molecule has 1 aromatic carbocycles. The second-order valence-corrected chi connectivity index (χ2v) is 15.7. The molecule has 12 nitrogen and oxygen atoms in total. The van der Waals surface area contributed by atoms with Gasteiger partial charge in [0.1, 0.15) is 17.0 Å². The van der Waals surface area contributed by atoms with E-state index in [1.54, 1.807) is 12.1 Å². The number of aromatic nitrogens is 2. The summed E-state index contributed by atoms with van der Waals surface area (Å²) in [6, 6.07) is 9.76. The first-order chi connectivity index (χ1) is 23.0. The summed E-state index contributed by atoms with van der Waals surface area (Å²) in [5.41, 5.74) is 7.78. The first kappa shape index (κ1) is 33.3. The summed E-state index contributed by atoms with van der Waals surface area (Å²) in [4.78, 5) is 21.7. The van der Waals surface area contributed by atoms with Crippen molar-refractivity contribution in [2.75, 3.05) is 76.1 Å². The molecule has 4 saturated heterocycles. The average molecular weight is 664 g/mol. The zero-order chi connectivity index (χ0) is 33.5. The molecule has 1 amide bonds. The average Bonchev–Trinajstić information content (AvgIpc) is 3.02. The number of aromatic hydroxyl groups is 1. The summed E-state index contributed by atoms with van der Waals surface area (Å²) >= 11 is 0. The summed E-state index contributed by atoms with van der Waals surface area (Å²) in [6.45, 7) is 14.7. The van der Waals surface area contributed by atoms with Crippen molar-refractivity contribution in [3.05, 3.63) is 30.3 Å². The van der Waals surface area contributed by atoms with E-state index in [-0.39, 0.29) is 23.5 Å². The van der Waals surface area contributed by atoms with Gasteiger partial charge in [-0.25, -0.2) is 4.79 Å². The normalized spacial score (nSPS) is 25.9. The molecule has 2 aromatic rings. The minimum Gasteiger partial charge on any atom is -0.507 e. The van der Waals surface area contributed by atoms with Gasteiger partial charge in [0.2, 0.25) is 0 Å². The molecule has 0 radical (unpaired) electrons. The minimum absolute atomic E-state index is 0.178. The number of nitrogens with zero attached hydrogens (tertiary/aromatic N) is 6.